The number of rotatable bonds is 6. The highest BCUT2D eigenvalue weighted by Gasteiger charge is 2.31. The van der Waals surface area contributed by atoms with E-state index >= 15 is 0 Å². The summed E-state index contributed by atoms with van der Waals surface area (Å²) in [5.41, 5.74) is 1.50. The summed E-state index contributed by atoms with van der Waals surface area (Å²) in [5.74, 6) is -1.24. The Balaban J connectivity index is 1.75. The molecule has 0 aliphatic carbocycles. The Bertz CT molecular complexity index is 957. The fraction of sp³-hybridized carbons (Fsp3) is 0.381. The molecule has 29 heavy (non-hydrogen) atoms. The van der Waals surface area contributed by atoms with E-state index in [1.54, 1.807) is 12.1 Å². The number of nitrogens with zero attached hydrogens (tertiary/aromatic N) is 2. The number of halogens is 1. The van der Waals surface area contributed by atoms with E-state index in [0.717, 1.165) is 35.4 Å². The molecule has 1 atom stereocenters. The summed E-state index contributed by atoms with van der Waals surface area (Å²) in [6.07, 6.45) is 4.55. The Morgan fingerprint density at radius 1 is 1.07 bits per heavy atom. The van der Waals surface area contributed by atoms with Crippen LogP contribution in [0.5, 0.6) is 0 Å². The van der Waals surface area contributed by atoms with Gasteiger partial charge < -0.3 is 10.2 Å². The highest BCUT2D eigenvalue weighted by Crippen LogP contribution is 2.25. The van der Waals surface area contributed by atoms with E-state index in [9.17, 15) is 17.6 Å². The minimum Gasteiger partial charge on any atom is -0.372 e. The van der Waals surface area contributed by atoms with E-state index < -0.39 is 27.8 Å². The van der Waals surface area contributed by atoms with Crippen molar-refractivity contribution in [1.29, 1.82) is 0 Å². The zero-order chi connectivity index (χ0) is 21.0. The van der Waals surface area contributed by atoms with Crippen molar-refractivity contribution < 1.29 is 17.6 Å². The van der Waals surface area contributed by atoms with Gasteiger partial charge in [-0.05, 0) is 62.6 Å². The summed E-state index contributed by atoms with van der Waals surface area (Å²) >= 11 is 0. The van der Waals surface area contributed by atoms with Crippen LogP contribution in [0.3, 0.4) is 0 Å². The molecular weight excluding hydrogens is 393 g/mol. The summed E-state index contributed by atoms with van der Waals surface area (Å²) in [5, 5.41) is 2.73. The number of benzene rings is 2. The van der Waals surface area contributed by atoms with Crippen LogP contribution in [0.25, 0.3) is 0 Å². The van der Waals surface area contributed by atoms with E-state index in [1.165, 1.54) is 44.4 Å². The van der Waals surface area contributed by atoms with Crippen LogP contribution in [0.4, 0.5) is 21.5 Å². The number of piperidine rings is 1. The summed E-state index contributed by atoms with van der Waals surface area (Å²) in [6.45, 7) is 3.48. The van der Waals surface area contributed by atoms with Crippen molar-refractivity contribution in [3.63, 3.8) is 0 Å². The number of carbonyl (C=O) groups is 1. The van der Waals surface area contributed by atoms with Gasteiger partial charge in [0.05, 0.1) is 11.9 Å². The van der Waals surface area contributed by atoms with Gasteiger partial charge in [0.15, 0.2) is 0 Å². The Morgan fingerprint density at radius 2 is 1.69 bits per heavy atom. The van der Waals surface area contributed by atoms with Crippen LogP contribution in [-0.2, 0) is 14.8 Å². The Labute approximate surface area is 171 Å². The van der Waals surface area contributed by atoms with Gasteiger partial charge in [-0.25, -0.2) is 12.8 Å². The summed E-state index contributed by atoms with van der Waals surface area (Å²) in [7, 11) is -3.87. The molecule has 1 amide bonds. The molecule has 1 saturated heterocycles. The standard InChI is InChI=1S/C21H26FN3O3S/c1-16(25(29(2,27)28)20-9-5-4-8-19(20)22)21(26)23-17-10-12-18(13-11-17)24-14-6-3-7-15-24/h4-5,8-13,16H,3,6-7,14-15H2,1-2H3,(H,23,26)/t16-/m0/s1. The average molecular weight is 420 g/mol. The third kappa shape index (κ3) is 5.06. The van der Waals surface area contributed by atoms with Crippen molar-refractivity contribution in [3.8, 4) is 0 Å². The zero-order valence-corrected chi connectivity index (χ0v) is 17.5. The molecule has 0 aromatic heterocycles. The van der Waals surface area contributed by atoms with Gasteiger partial charge in [-0.2, -0.15) is 0 Å². The quantitative estimate of drug-likeness (QED) is 0.777. The SMILES string of the molecule is C[C@@H](C(=O)Nc1ccc(N2CCCCC2)cc1)N(c1ccccc1F)S(C)(=O)=O. The number of amides is 1. The molecule has 0 spiro atoms. The van der Waals surface area contributed by atoms with E-state index in [0.29, 0.717) is 5.69 Å². The van der Waals surface area contributed by atoms with Gasteiger partial charge in [0.25, 0.3) is 0 Å². The first-order valence-corrected chi connectivity index (χ1v) is 11.5. The Morgan fingerprint density at radius 3 is 2.28 bits per heavy atom. The van der Waals surface area contributed by atoms with Gasteiger partial charge in [-0.3, -0.25) is 9.10 Å². The maximum atomic E-state index is 14.2. The van der Waals surface area contributed by atoms with Crippen molar-refractivity contribution >= 4 is 33.0 Å². The molecule has 0 bridgehead atoms. The van der Waals surface area contributed by atoms with Crippen molar-refractivity contribution in [2.75, 3.05) is 33.9 Å². The van der Waals surface area contributed by atoms with Gasteiger partial charge in [-0.15, -0.1) is 0 Å². The topological polar surface area (TPSA) is 69.7 Å². The third-order valence-corrected chi connectivity index (χ3v) is 6.26. The number of anilines is 3. The second-order valence-corrected chi connectivity index (χ2v) is 9.13. The van der Waals surface area contributed by atoms with Crippen molar-refractivity contribution in [3.05, 3.63) is 54.3 Å². The Kier molecular flexibility index (Phi) is 6.42. The minimum atomic E-state index is -3.87. The minimum absolute atomic E-state index is 0.155. The lowest BCUT2D eigenvalue weighted by Crippen LogP contribution is -2.45. The van der Waals surface area contributed by atoms with Crippen LogP contribution < -0.4 is 14.5 Å². The fourth-order valence-electron chi connectivity index (χ4n) is 3.57. The lowest BCUT2D eigenvalue weighted by atomic mass is 10.1. The molecule has 1 fully saturated rings. The van der Waals surface area contributed by atoms with Crippen LogP contribution in [0, 0.1) is 5.82 Å². The molecule has 1 aliphatic rings. The lowest BCUT2D eigenvalue weighted by Gasteiger charge is -2.29. The predicted octanol–water partition coefficient (Wildman–Crippen LogP) is 3.61. The van der Waals surface area contributed by atoms with E-state index in [4.69, 9.17) is 0 Å². The highest BCUT2D eigenvalue weighted by molar-refractivity contribution is 7.92. The Hall–Kier alpha value is -2.61. The van der Waals surface area contributed by atoms with Crippen LogP contribution in [0.2, 0.25) is 0 Å². The molecule has 0 radical (unpaired) electrons. The number of para-hydroxylation sites is 1. The smallest absolute Gasteiger partial charge is 0.247 e. The molecule has 2 aromatic rings. The molecule has 1 heterocycles. The van der Waals surface area contributed by atoms with Gasteiger partial charge >= 0.3 is 0 Å². The maximum Gasteiger partial charge on any atom is 0.247 e. The second kappa shape index (κ2) is 8.82. The van der Waals surface area contributed by atoms with Crippen LogP contribution in [0.1, 0.15) is 26.2 Å². The molecule has 1 N–H and O–H groups in total. The number of sulfonamides is 1. The normalized spacial score (nSPS) is 15.6. The van der Waals surface area contributed by atoms with E-state index in [-0.39, 0.29) is 5.69 Å². The molecule has 0 saturated carbocycles. The summed E-state index contributed by atoms with van der Waals surface area (Å²) in [6, 6.07) is 11.8. The lowest BCUT2D eigenvalue weighted by molar-refractivity contribution is -0.116. The largest absolute Gasteiger partial charge is 0.372 e. The molecular formula is C21H26FN3O3S. The van der Waals surface area contributed by atoms with Crippen molar-refractivity contribution in [1.82, 2.24) is 0 Å². The van der Waals surface area contributed by atoms with Gasteiger partial charge in [0.1, 0.15) is 11.9 Å². The number of nitrogens with one attached hydrogen (secondary N) is 1. The first-order valence-electron chi connectivity index (χ1n) is 9.67. The average Bonchev–Trinajstić information content (AvgIpc) is 2.70. The first-order chi connectivity index (χ1) is 13.8. The number of hydrogen-bond acceptors (Lipinski definition) is 4. The van der Waals surface area contributed by atoms with Crippen molar-refractivity contribution in [2.45, 2.75) is 32.2 Å². The molecule has 8 heteroatoms. The highest BCUT2D eigenvalue weighted by atomic mass is 32.2. The first kappa shape index (κ1) is 21.1. The second-order valence-electron chi connectivity index (χ2n) is 7.27. The monoisotopic (exact) mass is 419 g/mol. The van der Waals surface area contributed by atoms with E-state index in [2.05, 4.69) is 10.2 Å². The maximum absolute atomic E-state index is 14.2. The molecule has 0 unspecified atom stereocenters. The summed E-state index contributed by atoms with van der Waals surface area (Å²) < 4.78 is 39.6. The third-order valence-electron chi connectivity index (χ3n) is 5.03. The summed E-state index contributed by atoms with van der Waals surface area (Å²) in [4.78, 5) is 15.0. The predicted molar refractivity (Wildman–Crippen MR) is 114 cm³/mol. The zero-order valence-electron chi connectivity index (χ0n) is 16.6. The van der Waals surface area contributed by atoms with Crippen LogP contribution in [0.15, 0.2) is 48.5 Å². The van der Waals surface area contributed by atoms with Crippen molar-refractivity contribution in [2.24, 2.45) is 0 Å². The van der Waals surface area contributed by atoms with E-state index in [1.807, 2.05) is 12.1 Å². The van der Waals surface area contributed by atoms with Gasteiger partial charge in [0.2, 0.25) is 15.9 Å². The van der Waals surface area contributed by atoms with Crippen LogP contribution >= 0.6 is 0 Å². The van der Waals surface area contributed by atoms with Gasteiger partial charge in [0, 0.05) is 24.5 Å². The molecule has 156 valence electrons. The number of carbonyl (C=O) groups excluding carboxylic acids is 1. The molecule has 6 nitrogen and oxygen atoms in total. The van der Waals surface area contributed by atoms with Gasteiger partial charge in [-0.1, -0.05) is 12.1 Å². The molecule has 2 aromatic carbocycles. The van der Waals surface area contributed by atoms with Crippen LogP contribution in [-0.4, -0.2) is 39.7 Å². The molecule has 1 aliphatic heterocycles. The number of hydrogen-bond donors (Lipinski definition) is 1. The molecule has 3 rings (SSSR count). The fourth-order valence-corrected chi connectivity index (χ4v) is 4.74.